The van der Waals surface area contributed by atoms with Gasteiger partial charge in [0.05, 0.1) is 48.0 Å². The van der Waals surface area contributed by atoms with Crippen LogP contribution in [0.2, 0.25) is 0 Å². The van der Waals surface area contributed by atoms with Crippen molar-refractivity contribution in [3.8, 4) is 0 Å². The number of fused-ring (bicyclic) bond motifs is 2. The summed E-state index contributed by atoms with van der Waals surface area (Å²) in [4.78, 5) is 47.6. The molecule has 324 valence electrons. The van der Waals surface area contributed by atoms with Crippen molar-refractivity contribution in [1.82, 2.24) is 34.5 Å². The van der Waals surface area contributed by atoms with E-state index in [2.05, 4.69) is 30.4 Å². The number of rotatable bonds is 10. The highest BCUT2D eigenvalue weighted by Gasteiger charge is 2.38. The molecule has 0 spiro atoms. The van der Waals surface area contributed by atoms with Crippen LogP contribution >= 0.6 is 0 Å². The maximum absolute atomic E-state index is 15.2. The van der Waals surface area contributed by atoms with Crippen LogP contribution in [0.1, 0.15) is 85.9 Å². The van der Waals surface area contributed by atoms with Crippen LogP contribution in [0, 0.1) is 24.1 Å². The fourth-order valence-corrected chi connectivity index (χ4v) is 10.0. The fraction of sp³-hybridized carbons (Fsp3) is 0.467. The first-order chi connectivity index (χ1) is 29.8. The molecule has 5 aromatic rings. The molecular weight excluding hydrogens is 799 g/mol. The van der Waals surface area contributed by atoms with Gasteiger partial charge >= 0.3 is 0 Å². The van der Waals surface area contributed by atoms with Crippen molar-refractivity contribution < 1.29 is 33.4 Å². The van der Waals surface area contributed by atoms with Crippen LogP contribution in [0.15, 0.2) is 54.9 Å². The quantitative estimate of drug-likeness (QED) is 0.110. The number of amides is 3. The number of hydrogen-bond donors (Lipinski definition) is 4. The standard InChI is InChI=1S/C45H50F2N10O5/c1-45(2,62)35-18-38-27(14-39(35)50-44(61)40-10-8-31-15-28(48-3)19-49-57(31)40)23-56(52-38)30-6-4-29(5-7-30)55-13-12-53(24-33(55)25-58)20-26-21-54(22-26)32-16-36(46)42(37(47)17-32)34-9-11-41(59)51-43(34)60/h8,10,14-19,23,26,29-30,33-34,58,62H,4-7,9,11-13,20-22,24-25H2,1-2H3,(H,50,61)(H,51,59,60)/t29?,30?,33-,34-/m1/s1. The maximum atomic E-state index is 15.2. The van der Waals surface area contributed by atoms with Gasteiger partial charge in [0.15, 0.2) is 0 Å². The molecule has 4 aliphatic rings. The van der Waals surface area contributed by atoms with E-state index >= 15 is 8.78 Å². The average molecular weight is 849 g/mol. The Morgan fingerprint density at radius 1 is 1.00 bits per heavy atom. The summed E-state index contributed by atoms with van der Waals surface area (Å²) in [5.74, 6) is -3.76. The van der Waals surface area contributed by atoms with Crippen LogP contribution in [-0.4, -0.2) is 115 Å². The summed E-state index contributed by atoms with van der Waals surface area (Å²) in [6, 6.07) is 11.8. The molecule has 17 heteroatoms. The Morgan fingerprint density at radius 2 is 1.74 bits per heavy atom. The zero-order valence-corrected chi connectivity index (χ0v) is 34.7. The fourth-order valence-electron chi connectivity index (χ4n) is 10.0. The van der Waals surface area contributed by atoms with Crippen molar-refractivity contribution in [3.63, 3.8) is 0 Å². The van der Waals surface area contributed by atoms with E-state index in [4.69, 9.17) is 11.7 Å². The van der Waals surface area contributed by atoms with E-state index in [0.717, 1.165) is 62.8 Å². The van der Waals surface area contributed by atoms with Crippen molar-refractivity contribution in [1.29, 1.82) is 0 Å². The summed E-state index contributed by atoms with van der Waals surface area (Å²) in [7, 11) is 0. The van der Waals surface area contributed by atoms with Gasteiger partial charge in [-0.3, -0.25) is 29.3 Å². The summed E-state index contributed by atoms with van der Waals surface area (Å²) < 4.78 is 33.8. The molecule has 62 heavy (non-hydrogen) atoms. The van der Waals surface area contributed by atoms with Gasteiger partial charge in [-0.15, -0.1) is 0 Å². The van der Waals surface area contributed by atoms with Gasteiger partial charge in [-0.05, 0) is 88.4 Å². The summed E-state index contributed by atoms with van der Waals surface area (Å²) in [6.07, 6.45) is 7.28. The van der Waals surface area contributed by atoms with Gasteiger partial charge in [-0.2, -0.15) is 10.2 Å². The van der Waals surface area contributed by atoms with Crippen LogP contribution in [0.4, 0.5) is 25.8 Å². The van der Waals surface area contributed by atoms with Crippen molar-refractivity contribution in [2.45, 2.75) is 82.0 Å². The minimum atomic E-state index is -1.27. The third kappa shape index (κ3) is 8.03. The zero-order chi connectivity index (χ0) is 43.4. The number of halogens is 2. The molecule has 2 atom stereocenters. The Labute approximate surface area is 357 Å². The topological polar surface area (TPSA) is 165 Å². The smallest absolute Gasteiger partial charge is 0.274 e. The van der Waals surface area contributed by atoms with Gasteiger partial charge < -0.3 is 25.3 Å². The van der Waals surface area contributed by atoms with Gasteiger partial charge in [-0.1, -0.05) is 0 Å². The number of benzene rings is 2. The molecule has 4 N–H and O–H groups in total. The highest BCUT2D eigenvalue weighted by Crippen LogP contribution is 2.38. The normalized spacial score (nSPS) is 23.1. The zero-order valence-electron chi connectivity index (χ0n) is 34.7. The molecule has 4 fully saturated rings. The predicted molar refractivity (Wildman–Crippen MR) is 227 cm³/mol. The molecule has 0 radical (unpaired) electrons. The summed E-state index contributed by atoms with van der Waals surface area (Å²) in [5, 5.41) is 36.9. The van der Waals surface area contributed by atoms with Crippen molar-refractivity contribution >= 4 is 51.2 Å². The number of carbonyl (C=O) groups excluding carboxylic acids is 3. The molecule has 3 aliphatic heterocycles. The Kier molecular flexibility index (Phi) is 11.0. The first-order valence-corrected chi connectivity index (χ1v) is 21.3. The molecule has 0 bridgehead atoms. The second-order valence-corrected chi connectivity index (χ2v) is 17.9. The van der Waals surface area contributed by atoms with Gasteiger partial charge in [-0.25, -0.2) is 18.1 Å². The van der Waals surface area contributed by atoms with Crippen molar-refractivity contribution in [3.05, 3.63) is 94.7 Å². The van der Waals surface area contributed by atoms with Gasteiger partial charge in [0.1, 0.15) is 17.3 Å². The highest BCUT2D eigenvalue weighted by molar-refractivity contribution is 6.05. The summed E-state index contributed by atoms with van der Waals surface area (Å²) in [6.45, 7) is 15.2. The molecule has 0 unspecified atom stereocenters. The van der Waals surface area contributed by atoms with E-state index < -0.39 is 40.9 Å². The van der Waals surface area contributed by atoms with E-state index in [1.165, 1.54) is 22.8 Å². The van der Waals surface area contributed by atoms with E-state index in [9.17, 15) is 24.6 Å². The van der Waals surface area contributed by atoms with E-state index in [0.29, 0.717) is 58.9 Å². The van der Waals surface area contributed by atoms with Crippen LogP contribution in [0.3, 0.4) is 0 Å². The lowest BCUT2D eigenvalue weighted by Gasteiger charge is -2.49. The number of aromatic nitrogens is 4. The molecule has 3 aromatic heterocycles. The van der Waals surface area contributed by atoms with E-state index in [-0.39, 0.29) is 37.1 Å². The van der Waals surface area contributed by atoms with Crippen LogP contribution in [-0.2, 0) is 15.2 Å². The minimum absolute atomic E-state index is 0.00227. The highest BCUT2D eigenvalue weighted by atomic mass is 19.1. The number of imide groups is 1. The number of hydrogen-bond acceptors (Lipinski definition) is 10. The lowest BCUT2D eigenvalue weighted by Crippen LogP contribution is -2.60. The van der Waals surface area contributed by atoms with Crippen LogP contribution in [0.5, 0.6) is 0 Å². The third-order valence-electron chi connectivity index (χ3n) is 13.2. The Bertz CT molecular complexity index is 2580. The average Bonchev–Trinajstić information content (AvgIpc) is 3.86. The van der Waals surface area contributed by atoms with Crippen molar-refractivity contribution in [2.24, 2.45) is 5.92 Å². The lowest BCUT2D eigenvalue weighted by molar-refractivity contribution is -0.134. The second-order valence-electron chi connectivity index (χ2n) is 17.9. The lowest BCUT2D eigenvalue weighted by atomic mass is 9.88. The number of piperidine rings is 1. The molecule has 2 aromatic carbocycles. The largest absolute Gasteiger partial charge is 0.395 e. The Hall–Kier alpha value is -5.80. The number of nitrogens with zero attached hydrogens (tertiary/aromatic N) is 8. The SMILES string of the molecule is [C-]#[N+]c1cnn2c(C(=O)Nc3cc4cn(C5CCC(N6CCN(CC7CN(c8cc(F)c([C@H]9CCC(=O)NC9=O)c(F)c8)C7)C[C@@H]6CO)CC5)nc4cc3C(C)(C)O)ccc2c1. The number of aliphatic hydroxyl groups excluding tert-OH is 1. The number of nitrogens with one attached hydrogen (secondary N) is 2. The monoisotopic (exact) mass is 848 g/mol. The van der Waals surface area contributed by atoms with Crippen LogP contribution < -0.4 is 15.5 Å². The number of aliphatic hydroxyl groups is 2. The summed E-state index contributed by atoms with van der Waals surface area (Å²) >= 11 is 0. The second kappa shape index (κ2) is 16.5. The number of carbonyl (C=O) groups is 3. The maximum Gasteiger partial charge on any atom is 0.274 e. The van der Waals surface area contributed by atoms with Gasteiger partial charge in [0.25, 0.3) is 5.91 Å². The minimum Gasteiger partial charge on any atom is -0.395 e. The first-order valence-electron chi connectivity index (χ1n) is 21.3. The molecule has 6 heterocycles. The molecule has 15 nitrogen and oxygen atoms in total. The van der Waals surface area contributed by atoms with Crippen LogP contribution in [0.25, 0.3) is 21.3 Å². The summed E-state index contributed by atoms with van der Waals surface area (Å²) in [5.41, 5.74) is 1.91. The van der Waals surface area contributed by atoms with Gasteiger partial charge in [0.2, 0.25) is 17.5 Å². The van der Waals surface area contributed by atoms with Crippen molar-refractivity contribution in [2.75, 3.05) is 56.1 Å². The molecule has 1 aliphatic carbocycles. The molecule has 1 saturated carbocycles. The number of piperazine rings is 1. The Balaban J connectivity index is 0.791. The van der Waals surface area contributed by atoms with E-state index in [1.54, 1.807) is 32.0 Å². The molecular formula is C45H50F2N10O5. The molecule has 3 saturated heterocycles. The third-order valence-corrected chi connectivity index (χ3v) is 13.2. The van der Waals surface area contributed by atoms with Gasteiger partial charge in [0, 0.05) is 97.8 Å². The predicted octanol–water partition coefficient (Wildman–Crippen LogP) is 5.11. The first kappa shape index (κ1) is 41.5. The molecule has 3 amide bonds. The molecule has 9 rings (SSSR count). The Morgan fingerprint density at radius 3 is 2.44 bits per heavy atom. The van der Waals surface area contributed by atoms with E-state index in [1.807, 2.05) is 27.9 Å². The number of anilines is 2.